The molecule has 0 aliphatic rings. The highest BCUT2D eigenvalue weighted by atomic mass is 79.9. The van der Waals surface area contributed by atoms with Crippen molar-refractivity contribution in [1.82, 2.24) is 0 Å². The number of esters is 1. The molecule has 0 saturated heterocycles. The number of nitrogens with zero attached hydrogens (tertiary/aromatic N) is 1. The SMILES string of the molecule is COC(=O)c1ccc(N=Cc2cc(Br)ccc2O)c(F)c1. The van der Waals surface area contributed by atoms with Crippen LogP contribution in [0.1, 0.15) is 15.9 Å². The molecule has 6 heteroatoms. The molecule has 2 aromatic carbocycles. The molecule has 0 spiro atoms. The number of aromatic hydroxyl groups is 1. The summed E-state index contributed by atoms with van der Waals surface area (Å²) < 4.78 is 19.1. The van der Waals surface area contributed by atoms with Gasteiger partial charge in [0.05, 0.1) is 18.4 Å². The van der Waals surface area contributed by atoms with Crippen molar-refractivity contribution in [3.05, 3.63) is 57.8 Å². The number of hydrogen-bond donors (Lipinski definition) is 1. The molecule has 2 rings (SSSR count). The van der Waals surface area contributed by atoms with Gasteiger partial charge in [-0.1, -0.05) is 15.9 Å². The molecule has 0 fully saturated rings. The quantitative estimate of drug-likeness (QED) is 0.675. The monoisotopic (exact) mass is 351 g/mol. The van der Waals surface area contributed by atoms with Crippen LogP contribution in [0.5, 0.6) is 5.75 Å². The number of carbonyl (C=O) groups excluding carboxylic acids is 1. The van der Waals surface area contributed by atoms with Crippen LogP contribution in [-0.4, -0.2) is 24.4 Å². The van der Waals surface area contributed by atoms with Gasteiger partial charge in [0, 0.05) is 16.3 Å². The predicted molar refractivity (Wildman–Crippen MR) is 80.8 cm³/mol. The van der Waals surface area contributed by atoms with Gasteiger partial charge in [-0.2, -0.15) is 0 Å². The number of phenolic OH excluding ortho intramolecular Hbond substituents is 1. The molecule has 0 aliphatic carbocycles. The highest BCUT2D eigenvalue weighted by Gasteiger charge is 2.09. The maximum Gasteiger partial charge on any atom is 0.337 e. The Kier molecular flexibility index (Phi) is 4.70. The van der Waals surface area contributed by atoms with Crippen LogP contribution in [-0.2, 0) is 4.74 Å². The first-order chi connectivity index (χ1) is 10.0. The lowest BCUT2D eigenvalue weighted by molar-refractivity contribution is 0.0600. The first kappa shape index (κ1) is 15.2. The number of phenols is 1. The summed E-state index contributed by atoms with van der Waals surface area (Å²) in [5.74, 6) is -1.23. The third-order valence-corrected chi connectivity index (χ3v) is 3.19. The Bertz CT molecular complexity index is 716. The van der Waals surface area contributed by atoms with E-state index in [1.807, 2.05) is 0 Å². The van der Waals surface area contributed by atoms with E-state index < -0.39 is 11.8 Å². The molecule has 21 heavy (non-hydrogen) atoms. The van der Waals surface area contributed by atoms with Crippen molar-refractivity contribution >= 4 is 33.8 Å². The maximum absolute atomic E-state index is 13.8. The van der Waals surface area contributed by atoms with E-state index in [-0.39, 0.29) is 17.0 Å². The second-order valence-corrected chi connectivity index (χ2v) is 5.03. The Balaban J connectivity index is 2.29. The van der Waals surface area contributed by atoms with E-state index in [1.165, 1.54) is 31.5 Å². The second kappa shape index (κ2) is 6.49. The summed E-state index contributed by atoms with van der Waals surface area (Å²) in [6.45, 7) is 0. The fourth-order valence-corrected chi connectivity index (χ4v) is 2.00. The number of carbonyl (C=O) groups is 1. The lowest BCUT2D eigenvalue weighted by Gasteiger charge is -2.02. The maximum atomic E-state index is 13.8. The largest absolute Gasteiger partial charge is 0.507 e. The number of ether oxygens (including phenoxy) is 1. The topological polar surface area (TPSA) is 58.9 Å². The number of rotatable bonds is 3. The number of halogens is 2. The van der Waals surface area contributed by atoms with Crippen molar-refractivity contribution in [2.75, 3.05) is 7.11 Å². The zero-order chi connectivity index (χ0) is 15.4. The molecule has 0 aromatic heterocycles. The van der Waals surface area contributed by atoms with Crippen LogP contribution < -0.4 is 0 Å². The van der Waals surface area contributed by atoms with Crippen LogP contribution in [0.3, 0.4) is 0 Å². The summed E-state index contributed by atoms with van der Waals surface area (Å²) in [6.07, 6.45) is 1.34. The van der Waals surface area contributed by atoms with Crippen LogP contribution >= 0.6 is 15.9 Å². The van der Waals surface area contributed by atoms with Crippen LogP contribution in [0, 0.1) is 5.82 Å². The standard InChI is InChI=1S/C15H11BrFNO3/c1-21-15(20)9-2-4-13(12(17)7-9)18-8-10-6-11(16)3-5-14(10)19/h2-8,19H,1H3. The summed E-state index contributed by atoms with van der Waals surface area (Å²) in [5, 5.41) is 9.66. The molecule has 0 heterocycles. The molecule has 108 valence electrons. The van der Waals surface area contributed by atoms with Gasteiger partial charge in [0.25, 0.3) is 0 Å². The van der Waals surface area contributed by atoms with Crippen molar-refractivity contribution in [2.24, 2.45) is 4.99 Å². The average molecular weight is 352 g/mol. The molecule has 0 bridgehead atoms. The predicted octanol–water partition coefficient (Wildman–Crippen LogP) is 3.83. The zero-order valence-electron chi connectivity index (χ0n) is 11.0. The first-order valence-corrected chi connectivity index (χ1v) is 6.71. The van der Waals surface area contributed by atoms with E-state index in [0.29, 0.717) is 5.56 Å². The Morgan fingerprint density at radius 3 is 2.76 bits per heavy atom. The zero-order valence-corrected chi connectivity index (χ0v) is 12.6. The first-order valence-electron chi connectivity index (χ1n) is 5.91. The fraction of sp³-hybridized carbons (Fsp3) is 0.0667. The average Bonchev–Trinajstić information content (AvgIpc) is 2.48. The van der Waals surface area contributed by atoms with Crippen molar-refractivity contribution in [1.29, 1.82) is 0 Å². The van der Waals surface area contributed by atoms with Gasteiger partial charge in [-0.15, -0.1) is 0 Å². The molecule has 0 saturated carbocycles. The fourth-order valence-electron chi connectivity index (χ4n) is 1.62. The molecule has 1 N–H and O–H groups in total. The summed E-state index contributed by atoms with van der Waals surface area (Å²) in [6, 6.07) is 8.68. The summed E-state index contributed by atoms with van der Waals surface area (Å²) in [5.41, 5.74) is 0.613. The van der Waals surface area contributed by atoms with Crippen LogP contribution in [0.15, 0.2) is 45.9 Å². The summed E-state index contributed by atoms with van der Waals surface area (Å²) in [7, 11) is 1.22. The highest BCUT2D eigenvalue weighted by Crippen LogP contribution is 2.23. The van der Waals surface area contributed by atoms with Crippen LogP contribution in [0.2, 0.25) is 0 Å². The van der Waals surface area contributed by atoms with Crippen molar-refractivity contribution in [2.45, 2.75) is 0 Å². The van der Waals surface area contributed by atoms with Crippen molar-refractivity contribution in [3.63, 3.8) is 0 Å². The van der Waals surface area contributed by atoms with E-state index in [2.05, 4.69) is 25.7 Å². The van der Waals surface area contributed by atoms with Gasteiger partial charge in [0.1, 0.15) is 11.6 Å². The molecule has 0 atom stereocenters. The Morgan fingerprint density at radius 1 is 1.33 bits per heavy atom. The van der Waals surface area contributed by atoms with Crippen molar-refractivity contribution in [3.8, 4) is 5.75 Å². The minimum atomic E-state index is -0.649. The number of methoxy groups -OCH3 is 1. The third-order valence-electron chi connectivity index (χ3n) is 2.70. The van der Waals surface area contributed by atoms with E-state index >= 15 is 0 Å². The van der Waals surface area contributed by atoms with Gasteiger partial charge in [-0.3, -0.25) is 4.99 Å². The molecule has 0 amide bonds. The minimum Gasteiger partial charge on any atom is -0.507 e. The Morgan fingerprint density at radius 2 is 2.10 bits per heavy atom. The van der Waals surface area contributed by atoms with Gasteiger partial charge in [0.2, 0.25) is 0 Å². The Hall–Kier alpha value is -2.21. The highest BCUT2D eigenvalue weighted by molar-refractivity contribution is 9.10. The van der Waals surface area contributed by atoms with Gasteiger partial charge < -0.3 is 9.84 Å². The smallest absolute Gasteiger partial charge is 0.337 e. The number of benzene rings is 2. The normalized spacial score (nSPS) is 10.8. The molecular formula is C15H11BrFNO3. The summed E-state index contributed by atoms with van der Waals surface area (Å²) in [4.78, 5) is 15.2. The van der Waals surface area contributed by atoms with Gasteiger partial charge in [-0.25, -0.2) is 9.18 Å². The third kappa shape index (κ3) is 3.66. The lowest BCUT2D eigenvalue weighted by Crippen LogP contribution is -2.01. The Labute approximate surface area is 129 Å². The van der Waals surface area contributed by atoms with E-state index in [9.17, 15) is 14.3 Å². The lowest BCUT2D eigenvalue weighted by atomic mass is 10.2. The van der Waals surface area contributed by atoms with E-state index in [0.717, 1.165) is 10.5 Å². The molecule has 4 nitrogen and oxygen atoms in total. The molecule has 2 aromatic rings. The second-order valence-electron chi connectivity index (χ2n) is 4.12. The van der Waals surface area contributed by atoms with E-state index in [4.69, 9.17) is 0 Å². The molecule has 0 aliphatic heterocycles. The summed E-state index contributed by atoms with van der Waals surface area (Å²) >= 11 is 3.27. The number of hydrogen-bond acceptors (Lipinski definition) is 4. The minimum absolute atomic E-state index is 0.0357. The van der Waals surface area contributed by atoms with Crippen LogP contribution in [0.4, 0.5) is 10.1 Å². The van der Waals surface area contributed by atoms with Gasteiger partial charge in [-0.05, 0) is 36.4 Å². The van der Waals surface area contributed by atoms with E-state index in [1.54, 1.807) is 12.1 Å². The number of aliphatic imine (C=N–C) groups is 1. The molecular weight excluding hydrogens is 341 g/mol. The van der Waals surface area contributed by atoms with Gasteiger partial charge in [0.15, 0.2) is 0 Å². The van der Waals surface area contributed by atoms with Crippen LogP contribution in [0.25, 0.3) is 0 Å². The molecule has 0 radical (unpaired) electrons. The molecule has 0 unspecified atom stereocenters. The van der Waals surface area contributed by atoms with Crippen molar-refractivity contribution < 1.29 is 19.0 Å². The van der Waals surface area contributed by atoms with Gasteiger partial charge >= 0.3 is 5.97 Å².